The number of aliphatic hydroxyl groups is 1. The van der Waals surface area contributed by atoms with Gasteiger partial charge in [0.2, 0.25) is 9.84 Å². The maximum absolute atomic E-state index is 13.7. The average molecular weight is 508 g/mol. The number of ether oxygens (including phenoxy) is 2. The van der Waals surface area contributed by atoms with Gasteiger partial charge in [0.15, 0.2) is 5.76 Å². The second kappa shape index (κ2) is 9.87. The average Bonchev–Trinajstić information content (AvgIpc) is 3.14. The van der Waals surface area contributed by atoms with Gasteiger partial charge in [-0.05, 0) is 42.8 Å². The number of amides is 1. The summed E-state index contributed by atoms with van der Waals surface area (Å²) < 4.78 is 37.6. The number of carbonyl (C=O) groups is 2. The lowest BCUT2D eigenvalue weighted by Gasteiger charge is -2.27. The van der Waals surface area contributed by atoms with Crippen LogP contribution in [-0.4, -0.2) is 44.5 Å². The van der Waals surface area contributed by atoms with Crippen LogP contribution in [-0.2, 0) is 25.9 Å². The first kappa shape index (κ1) is 25.0. The normalized spacial score (nSPS) is 15.8. The lowest BCUT2D eigenvalue weighted by Crippen LogP contribution is -2.31. The molecular formula is C27H25NO7S. The predicted molar refractivity (Wildman–Crippen MR) is 132 cm³/mol. The van der Waals surface area contributed by atoms with Crippen molar-refractivity contribution < 1.29 is 32.6 Å². The van der Waals surface area contributed by atoms with Crippen molar-refractivity contribution in [2.75, 3.05) is 14.2 Å². The number of para-hydroxylation sites is 1. The number of esters is 1. The number of rotatable bonds is 7. The van der Waals surface area contributed by atoms with Crippen molar-refractivity contribution in [2.45, 2.75) is 24.4 Å². The Hall–Kier alpha value is -4.11. The minimum absolute atomic E-state index is 0.0246. The lowest BCUT2D eigenvalue weighted by molar-refractivity contribution is -0.130. The van der Waals surface area contributed by atoms with Crippen LogP contribution in [0.4, 0.5) is 0 Å². The number of hydrogen-bond acceptors (Lipinski definition) is 7. The van der Waals surface area contributed by atoms with Crippen LogP contribution in [0.1, 0.15) is 33.1 Å². The van der Waals surface area contributed by atoms with Gasteiger partial charge in [-0.3, -0.25) is 4.79 Å². The van der Waals surface area contributed by atoms with E-state index >= 15 is 0 Å². The van der Waals surface area contributed by atoms with E-state index in [2.05, 4.69) is 0 Å². The molecule has 0 aliphatic carbocycles. The molecule has 1 aliphatic heterocycles. The summed E-state index contributed by atoms with van der Waals surface area (Å²) in [5.74, 6) is -1.71. The van der Waals surface area contributed by atoms with Crippen LogP contribution in [0.25, 0.3) is 0 Å². The number of aliphatic hydroxyl groups excluding tert-OH is 1. The zero-order chi connectivity index (χ0) is 26.0. The van der Waals surface area contributed by atoms with Gasteiger partial charge in [0.25, 0.3) is 5.91 Å². The Bertz CT molecular complexity index is 1440. The molecule has 0 bridgehead atoms. The van der Waals surface area contributed by atoms with Crippen LogP contribution < -0.4 is 4.74 Å². The van der Waals surface area contributed by atoms with Crippen molar-refractivity contribution in [2.24, 2.45) is 0 Å². The second-order valence-corrected chi connectivity index (χ2v) is 10.2. The van der Waals surface area contributed by atoms with Gasteiger partial charge in [-0.15, -0.1) is 0 Å². The van der Waals surface area contributed by atoms with Gasteiger partial charge in [0, 0.05) is 5.56 Å². The van der Waals surface area contributed by atoms with E-state index in [4.69, 9.17) is 9.47 Å². The Labute approximate surface area is 209 Å². The third-order valence-electron chi connectivity index (χ3n) is 6.06. The van der Waals surface area contributed by atoms with E-state index in [1.165, 1.54) is 43.4 Å². The van der Waals surface area contributed by atoms with Gasteiger partial charge in [-0.2, -0.15) is 0 Å². The van der Waals surface area contributed by atoms with E-state index in [-0.39, 0.29) is 17.0 Å². The zero-order valence-corrected chi connectivity index (χ0v) is 20.8. The summed E-state index contributed by atoms with van der Waals surface area (Å²) in [5, 5.41) is 10.9. The third-order valence-corrected chi connectivity index (χ3v) is 7.95. The summed E-state index contributed by atoms with van der Waals surface area (Å²) in [4.78, 5) is 26.0. The maximum Gasteiger partial charge on any atom is 0.337 e. The van der Waals surface area contributed by atoms with Gasteiger partial charge < -0.3 is 19.5 Å². The number of hydrogen-bond donors (Lipinski definition) is 1. The van der Waals surface area contributed by atoms with E-state index in [9.17, 15) is 23.1 Å². The van der Waals surface area contributed by atoms with Gasteiger partial charge >= 0.3 is 5.97 Å². The monoisotopic (exact) mass is 507 g/mol. The van der Waals surface area contributed by atoms with Crippen molar-refractivity contribution in [3.8, 4) is 5.75 Å². The molecule has 186 valence electrons. The summed E-state index contributed by atoms with van der Waals surface area (Å²) in [6, 6.07) is 18.1. The molecular weight excluding hydrogens is 482 g/mol. The topological polar surface area (TPSA) is 110 Å². The number of benzene rings is 3. The molecule has 1 heterocycles. The highest BCUT2D eigenvalue weighted by Gasteiger charge is 2.47. The van der Waals surface area contributed by atoms with Crippen LogP contribution in [0.5, 0.6) is 5.75 Å². The first-order valence-electron chi connectivity index (χ1n) is 11.0. The molecule has 1 atom stereocenters. The summed E-state index contributed by atoms with van der Waals surface area (Å²) >= 11 is 0. The predicted octanol–water partition coefficient (Wildman–Crippen LogP) is 4.12. The molecule has 0 radical (unpaired) electrons. The van der Waals surface area contributed by atoms with Crippen LogP contribution in [0.3, 0.4) is 0 Å². The van der Waals surface area contributed by atoms with Crippen LogP contribution in [0, 0.1) is 6.92 Å². The van der Waals surface area contributed by atoms with E-state index < -0.39 is 38.4 Å². The lowest BCUT2D eigenvalue weighted by atomic mass is 10.0. The Kier molecular flexibility index (Phi) is 6.85. The quantitative estimate of drug-likeness (QED) is 0.479. The molecule has 3 aromatic rings. The van der Waals surface area contributed by atoms with Crippen LogP contribution in [0.2, 0.25) is 0 Å². The Morgan fingerprint density at radius 2 is 1.61 bits per heavy atom. The molecule has 8 nitrogen and oxygen atoms in total. The molecule has 1 N–H and O–H groups in total. The van der Waals surface area contributed by atoms with Crippen molar-refractivity contribution in [1.29, 1.82) is 0 Å². The third kappa shape index (κ3) is 4.45. The fraction of sp³-hybridized carbons (Fsp3) is 0.185. The van der Waals surface area contributed by atoms with E-state index in [0.717, 1.165) is 5.56 Å². The Balaban J connectivity index is 1.86. The Morgan fingerprint density at radius 3 is 2.22 bits per heavy atom. The number of nitrogens with zero attached hydrogens (tertiary/aromatic N) is 1. The molecule has 36 heavy (non-hydrogen) atoms. The number of aryl methyl sites for hydroxylation is 1. The summed E-state index contributed by atoms with van der Waals surface area (Å²) in [6.07, 6.45) is 0. The molecule has 9 heteroatoms. The summed E-state index contributed by atoms with van der Waals surface area (Å²) in [6.45, 7) is 1.80. The number of carbonyl (C=O) groups excluding carboxylic acids is 2. The highest BCUT2D eigenvalue weighted by Crippen LogP contribution is 2.43. The molecule has 3 aromatic carbocycles. The largest absolute Gasteiger partial charge is 0.502 e. The number of sulfone groups is 1. The SMILES string of the molecule is COC(=O)c1ccc([C@H]2C(S(=O)(=O)c3ccc(C)cc3)=C(O)C(=O)N2Cc2ccccc2OC)cc1. The van der Waals surface area contributed by atoms with Crippen LogP contribution >= 0.6 is 0 Å². The second-order valence-electron chi connectivity index (χ2n) is 8.29. The van der Waals surface area contributed by atoms with Crippen molar-refractivity contribution in [3.05, 3.63) is 106 Å². The molecule has 0 saturated heterocycles. The summed E-state index contributed by atoms with van der Waals surface area (Å²) in [7, 11) is -1.51. The first-order chi connectivity index (χ1) is 17.2. The van der Waals surface area contributed by atoms with E-state index in [1.54, 1.807) is 48.5 Å². The fourth-order valence-corrected chi connectivity index (χ4v) is 5.83. The summed E-state index contributed by atoms with van der Waals surface area (Å²) in [5.41, 5.74) is 2.16. The van der Waals surface area contributed by atoms with Gasteiger partial charge in [-0.1, -0.05) is 48.0 Å². The molecule has 0 unspecified atom stereocenters. The molecule has 4 rings (SSSR count). The first-order valence-corrected chi connectivity index (χ1v) is 12.5. The smallest absolute Gasteiger partial charge is 0.337 e. The van der Waals surface area contributed by atoms with Crippen molar-refractivity contribution in [1.82, 2.24) is 4.90 Å². The maximum atomic E-state index is 13.7. The van der Waals surface area contributed by atoms with Crippen molar-refractivity contribution >= 4 is 21.7 Å². The highest BCUT2D eigenvalue weighted by molar-refractivity contribution is 7.95. The highest BCUT2D eigenvalue weighted by atomic mass is 32.2. The minimum atomic E-state index is -4.26. The standard InChI is InChI=1S/C27H25NO7S/c1-17-8-14-21(15-9-17)36(32,33)25-23(18-10-12-19(13-11-18)27(31)35-3)28(26(30)24(25)29)16-20-6-4-5-7-22(20)34-2/h4-15,23,29H,16H2,1-3H3/t23-/m0/s1. The van der Waals surface area contributed by atoms with Gasteiger partial charge in [0.05, 0.1) is 37.3 Å². The molecule has 0 saturated carbocycles. The van der Waals surface area contributed by atoms with Gasteiger partial charge in [-0.25, -0.2) is 13.2 Å². The number of methoxy groups -OCH3 is 2. The molecule has 1 amide bonds. The Morgan fingerprint density at radius 1 is 0.972 bits per heavy atom. The molecule has 0 fully saturated rings. The van der Waals surface area contributed by atoms with E-state index in [1.807, 2.05) is 6.92 Å². The molecule has 0 spiro atoms. The van der Waals surface area contributed by atoms with Crippen LogP contribution in [0.15, 0.2) is 88.4 Å². The fourth-order valence-electron chi connectivity index (χ4n) is 4.18. The molecule has 1 aliphatic rings. The van der Waals surface area contributed by atoms with E-state index in [0.29, 0.717) is 16.9 Å². The minimum Gasteiger partial charge on any atom is -0.502 e. The van der Waals surface area contributed by atoms with Gasteiger partial charge in [0.1, 0.15) is 10.7 Å². The van der Waals surface area contributed by atoms with Crippen molar-refractivity contribution in [3.63, 3.8) is 0 Å². The molecule has 0 aromatic heterocycles. The zero-order valence-electron chi connectivity index (χ0n) is 20.0.